The third kappa shape index (κ3) is 3.99. The molecule has 0 atom stereocenters. The van der Waals surface area contributed by atoms with Crippen LogP contribution >= 0.6 is 23.1 Å². The molecule has 0 spiro atoms. The summed E-state index contributed by atoms with van der Waals surface area (Å²) in [5.74, 6) is 2.10. The summed E-state index contributed by atoms with van der Waals surface area (Å²) in [4.78, 5) is 33.7. The van der Waals surface area contributed by atoms with Crippen LogP contribution in [0.4, 0.5) is 0 Å². The maximum Gasteiger partial charge on any atom is 0.259 e. The van der Waals surface area contributed by atoms with Gasteiger partial charge in [0.05, 0.1) is 11.1 Å². The molecule has 1 amide bonds. The maximum atomic E-state index is 12.3. The second-order valence-corrected chi connectivity index (χ2v) is 8.00. The molecule has 0 aliphatic heterocycles. The highest BCUT2D eigenvalue weighted by atomic mass is 32.2. The summed E-state index contributed by atoms with van der Waals surface area (Å²) in [6.07, 6.45) is 3.69. The molecule has 0 unspecified atom stereocenters. The lowest BCUT2D eigenvalue weighted by molar-refractivity contribution is -0.120. The molecule has 2 aromatic rings. The Balaban J connectivity index is 1.53. The van der Waals surface area contributed by atoms with E-state index in [0.717, 1.165) is 36.0 Å². The Morgan fingerprint density at radius 2 is 2.25 bits per heavy atom. The topological polar surface area (TPSA) is 86.9 Å². The standard InChI is InChI=1S/C16H22N4O2S2/c1-17-6-7-18-13(21)5-8-23-9-12-19-15(22)14-10-3-2-4-11(10)24-16(14)20-12/h17H,2-9H2,1H3,(H,18,21)(H,19,20,22). The van der Waals surface area contributed by atoms with Crippen LogP contribution in [0.3, 0.4) is 0 Å². The van der Waals surface area contributed by atoms with E-state index in [1.807, 2.05) is 7.05 Å². The van der Waals surface area contributed by atoms with Crippen LogP contribution in [0.15, 0.2) is 4.79 Å². The van der Waals surface area contributed by atoms with Gasteiger partial charge in [0.1, 0.15) is 10.7 Å². The first-order valence-corrected chi connectivity index (χ1v) is 10.2. The van der Waals surface area contributed by atoms with Gasteiger partial charge in [-0.2, -0.15) is 11.8 Å². The van der Waals surface area contributed by atoms with E-state index in [9.17, 15) is 9.59 Å². The molecule has 0 saturated heterocycles. The SMILES string of the molecule is CNCCNC(=O)CCSCc1nc2sc3c(c2c(=O)[nH]1)CCC3. The van der Waals surface area contributed by atoms with E-state index in [1.54, 1.807) is 23.1 Å². The second-order valence-electron chi connectivity index (χ2n) is 5.81. The zero-order valence-corrected chi connectivity index (χ0v) is 15.4. The van der Waals surface area contributed by atoms with Gasteiger partial charge in [-0.1, -0.05) is 0 Å². The van der Waals surface area contributed by atoms with Gasteiger partial charge < -0.3 is 15.6 Å². The number of rotatable bonds is 8. The van der Waals surface area contributed by atoms with Crippen LogP contribution in [0.1, 0.15) is 29.1 Å². The predicted octanol–water partition coefficient (Wildman–Crippen LogP) is 1.43. The summed E-state index contributed by atoms with van der Waals surface area (Å²) < 4.78 is 0. The van der Waals surface area contributed by atoms with E-state index in [4.69, 9.17) is 0 Å². The minimum atomic E-state index is -0.0141. The van der Waals surface area contributed by atoms with Crippen LogP contribution < -0.4 is 16.2 Å². The van der Waals surface area contributed by atoms with Gasteiger partial charge in [0.25, 0.3) is 5.56 Å². The molecule has 130 valence electrons. The first-order chi connectivity index (χ1) is 11.7. The molecule has 24 heavy (non-hydrogen) atoms. The van der Waals surface area contributed by atoms with Crippen molar-refractivity contribution < 1.29 is 4.79 Å². The fourth-order valence-electron chi connectivity index (χ4n) is 2.86. The molecule has 1 aliphatic rings. The van der Waals surface area contributed by atoms with Gasteiger partial charge >= 0.3 is 0 Å². The van der Waals surface area contributed by atoms with Crippen molar-refractivity contribution in [2.75, 3.05) is 25.9 Å². The number of amides is 1. The summed E-state index contributed by atoms with van der Waals surface area (Å²) in [7, 11) is 1.86. The van der Waals surface area contributed by atoms with Crippen molar-refractivity contribution in [3.05, 3.63) is 26.6 Å². The normalized spacial score (nSPS) is 13.4. The molecule has 0 saturated carbocycles. The van der Waals surface area contributed by atoms with Gasteiger partial charge in [0.15, 0.2) is 0 Å². The van der Waals surface area contributed by atoms with Crippen molar-refractivity contribution in [3.8, 4) is 0 Å². The predicted molar refractivity (Wildman–Crippen MR) is 100.0 cm³/mol. The van der Waals surface area contributed by atoms with Crippen molar-refractivity contribution in [3.63, 3.8) is 0 Å². The van der Waals surface area contributed by atoms with Gasteiger partial charge in [-0.05, 0) is 31.9 Å². The lowest BCUT2D eigenvalue weighted by Crippen LogP contribution is -2.30. The minimum Gasteiger partial charge on any atom is -0.355 e. The van der Waals surface area contributed by atoms with Crippen LogP contribution in [-0.2, 0) is 23.4 Å². The monoisotopic (exact) mass is 366 g/mol. The summed E-state index contributed by atoms with van der Waals surface area (Å²) in [5, 5.41) is 6.63. The highest BCUT2D eigenvalue weighted by Gasteiger charge is 2.20. The average Bonchev–Trinajstić information content (AvgIpc) is 3.12. The van der Waals surface area contributed by atoms with Crippen molar-refractivity contribution in [1.29, 1.82) is 0 Å². The highest BCUT2D eigenvalue weighted by Crippen LogP contribution is 2.34. The van der Waals surface area contributed by atoms with Gasteiger partial charge in [-0.3, -0.25) is 9.59 Å². The Morgan fingerprint density at radius 3 is 3.08 bits per heavy atom. The number of thioether (sulfide) groups is 1. The minimum absolute atomic E-state index is 0.0141. The zero-order valence-electron chi connectivity index (χ0n) is 13.7. The lowest BCUT2D eigenvalue weighted by Gasteiger charge is -2.05. The number of carbonyl (C=O) groups is 1. The van der Waals surface area contributed by atoms with Gasteiger partial charge in [0.2, 0.25) is 5.91 Å². The molecule has 2 aromatic heterocycles. The summed E-state index contributed by atoms with van der Waals surface area (Å²) >= 11 is 3.28. The largest absolute Gasteiger partial charge is 0.355 e. The Hall–Kier alpha value is -1.38. The number of nitrogens with zero attached hydrogens (tertiary/aromatic N) is 1. The molecular weight excluding hydrogens is 344 g/mol. The number of likely N-dealkylation sites (N-methyl/N-ethyl adjacent to an activating group) is 1. The van der Waals surface area contributed by atoms with Crippen LogP contribution in [0, 0.1) is 0 Å². The van der Waals surface area contributed by atoms with Crippen LogP contribution in [-0.4, -0.2) is 41.8 Å². The molecule has 6 nitrogen and oxygen atoms in total. The molecule has 0 aromatic carbocycles. The number of fused-ring (bicyclic) bond motifs is 3. The highest BCUT2D eigenvalue weighted by molar-refractivity contribution is 7.98. The van der Waals surface area contributed by atoms with Crippen molar-refractivity contribution in [1.82, 2.24) is 20.6 Å². The van der Waals surface area contributed by atoms with Gasteiger partial charge in [0, 0.05) is 30.1 Å². The Labute approximate surface area is 148 Å². The fourth-order valence-corrected chi connectivity index (χ4v) is 4.95. The molecule has 8 heteroatoms. The Morgan fingerprint density at radius 1 is 1.38 bits per heavy atom. The smallest absolute Gasteiger partial charge is 0.259 e. The number of nitrogens with one attached hydrogen (secondary N) is 3. The first kappa shape index (κ1) is 17.4. The number of carbonyl (C=O) groups excluding carboxylic acids is 1. The number of aromatic amines is 1. The van der Waals surface area contributed by atoms with E-state index in [1.165, 1.54) is 10.4 Å². The summed E-state index contributed by atoms with van der Waals surface area (Å²) in [6, 6.07) is 0. The maximum absolute atomic E-state index is 12.3. The zero-order chi connectivity index (χ0) is 16.9. The van der Waals surface area contributed by atoms with Crippen molar-refractivity contribution in [2.24, 2.45) is 0 Å². The fraction of sp³-hybridized carbons (Fsp3) is 0.562. The average molecular weight is 367 g/mol. The number of aryl methyl sites for hydroxylation is 2. The molecule has 3 rings (SSSR count). The third-order valence-corrected chi connectivity index (χ3v) is 6.19. The molecule has 0 bridgehead atoms. The molecule has 2 heterocycles. The Kier molecular flexibility index (Phi) is 5.91. The quantitative estimate of drug-likeness (QED) is 0.615. The molecule has 0 radical (unpaired) electrons. The first-order valence-electron chi connectivity index (χ1n) is 8.21. The molecule has 1 aliphatic carbocycles. The van der Waals surface area contributed by atoms with Crippen LogP contribution in [0.2, 0.25) is 0 Å². The molecule has 3 N–H and O–H groups in total. The number of aromatic nitrogens is 2. The third-order valence-electron chi connectivity index (χ3n) is 4.03. The number of hydrogen-bond acceptors (Lipinski definition) is 6. The number of thiophene rings is 1. The van der Waals surface area contributed by atoms with Gasteiger partial charge in [-0.15, -0.1) is 11.3 Å². The van der Waals surface area contributed by atoms with Crippen LogP contribution in [0.25, 0.3) is 10.2 Å². The van der Waals surface area contributed by atoms with Gasteiger partial charge in [-0.25, -0.2) is 4.98 Å². The second kappa shape index (κ2) is 8.13. The van der Waals surface area contributed by atoms with E-state index in [2.05, 4.69) is 20.6 Å². The summed E-state index contributed by atoms with van der Waals surface area (Å²) in [6.45, 7) is 1.42. The summed E-state index contributed by atoms with van der Waals surface area (Å²) in [5.41, 5.74) is 1.20. The lowest BCUT2D eigenvalue weighted by atomic mass is 10.2. The van der Waals surface area contributed by atoms with E-state index < -0.39 is 0 Å². The Bertz CT molecular complexity index is 784. The van der Waals surface area contributed by atoms with Crippen molar-refractivity contribution >= 4 is 39.2 Å². The number of H-pyrrole nitrogens is 1. The van der Waals surface area contributed by atoms with Crippen molar-refractivity contribution in [2.45, 2.75) is 31.4 Å². The van der Waals surface area contributed by atoms with E-state index in [0.29, 0.717) is 30.3 Å². The molecular formula is C16H22N4O2S2. The van der Waals surface area contributed by atoms with Crippen LogP contribution in [0.5, 0.6) is 0 Å². The molecule has 0 fully saturated rings. The van der Waals surface area contributed by atoms with E-state index in [-0.39, 0.29) is 11.5 Å². The van der Waals surface area contributed by atoms with E-state index >= 15 is 0 Å². The number of hydrogen-bond donors (Lipinski definition) is 3.